The van der Waals surface area contributed by atoms with Gasteiger partial charge in [0, 0.05) is 12.0 Å². The second-order valence-electron chi connectivity index (χ2n) is 8.46. The van der Waals surface area contributed by atoms with Crippen LogP contribution < -0.4 is 0 Å². The first-order valence-electron chi connectivity index (χ1n) is 9.38. The number of hydrogen-bond donors (Lipinski definition) is 0. The van der Waals surface area contributed by atoms with E-state index in [0.717, 1.165) is 13.8 Å². The molecule has 0 radical (unpaired) electrons. The Balaban J connectivity index is 3.56. The molecular weight excluding hydrogens is 538 g/mol. The van der Waals surface area contributed by atoms with Gasteiger partial charge >= 0.3 is 47.9 Å². The van der Waals surface area contributed by atoms with Crippen LogP contribution >= 0.6 is 0 Å². The molecule has 2 nitrogen and oxygen atoms in total. The highest BCUT2D eigenvalue weighted by Gasteiger charge is 2.94. The third kappa shape index (κ3) is 4.00. The van der Waals surface area contributed by atoms with E-state index in [1.807, 2.05) is 0 Å². The highest BCUT2D eigenvalue weighted by Crippen LogP contribution is 2.63. The van der Waals surface area contributed by atoms with E-state index in [4.69, 9.17) is 0 Å². The van der Waals surface area contributed by atoms with Crippen molar-refractivity contribution in [1.82, 2.24) is 4.90 Å². The fourth-order valence-corrected chi connectivity index (χ4v) is 2.90. The molecule has 0 saturated carbocycles. The van der Waals surface area contributed by atoms with Gasteiger partial charge < -0.3 is 4.90 Å². The van der Waals surface area contributed by atoms with Gasteiger partial charge in [-0.3, -0.25) is 4.79 Å². The largest absolute Gasteiger partial charge is 0.384 e. The number of halogens is 16. The Bertz CT molecular complexity index is 806. The summed E-state index contributed by atoms with van der Waals surface area (Å²) in [5.74, 6) is -56.2. The van der Waals surface area contributed by atoms with E-state index in [1.165, 1.54) is 6.92 Å². The number of rotatable bonds is 10. The Kier molecular flexibility index (Phi) is 7.57. The highest BCUT2D eigenvalue weighted by atomic mass is 19.4. The monoisotopic (exact) mass is 555 g/mol. The molecule has 208 valence electrons. The first-order valence-corrected chi connectivity index (χ1v) is 9.38. The first-order chi connectivity index (χ1) is 15.1. The summed E-state index contributed by atoms with van der Waals surface area (Å²) in [6, 6.07) is -3.31. The lowest BCUT2D eigenvalue weighted by atomic mass is 9.81. The maximum atomic E-state index is 14.4. The summed E-state index contributed by atoms with van der Waals surface area (Å²) in [6.45, 7) is 2.70. The SMILES string of the molecule is CCC(C)(C)C(=O)N1CCC1C(F)(F)C(F)(F)C(F)(F)C(F)(F)C(F)(F)C(F)(F)C(F)(F)C(F)F. The Morgan fingerprint density at radius 1 is 0.743 bits per heavy atom. The van der Waals surface area contributed by atoms with Crippen molar-refractivity contribution >= 4 is 5.91 Å². The molecule has 1 aliphatic heterocycles. The summed E-state index contributed by atoms with van der Waals surface area (Å²) in [5, 5.41) is 0. The van der Waals surface area contributed by atoms with E-state index < -0.39 is 78.2 Å². The van der Waals surface area contributed by atoms with Gasteiger partial charge in [-0.05, 0) is 12.8 Å². The molecule has 0 bridgehead atoms. The second-order valence-corrected chi connectivity index (χ2v) is 8.46. The lowest BCUT2D eigenvalue weighted by Crippen LogP contribution is -2.76. The molecule has 0 aliphatic carbocycles. The third-order valence-electron chi connectivity index (χ3n) is 5.85. The third-order valence-corrected chi connectivity index (χ3v) is 5.85. The summed E-state index contributed by atoms with van der Waals surface area (Å²) in [6.07, 6.45) is -7.28. The zero-order chi connectivity index (χ0) is 28.4. The molecule has 0 aromatic carbocycles. The van der Waals surface area contributed by atoms with Crippen LogP contribution in [0.4, 0.5) is 70.2 Å². The maximum Gasteiger partial charge on any atom is 0.384 e. The molecule has 1 heterocycles. The van der Waals surface area contributed by atoms with Crippen molar-refractivity contribution in [3.63, 3.8) is 0 Å². The smallest absolute Gasteiger partial charge is 0.333 e. The van der Waals surface area contributed by atoms with Crippen LogP contribution in [0.1, 0.15) is 33.6 Å². The molecule has 1 fully saturated rings. The summed E-state index contributed by atoms with van der Waals surface area (Å²) in [7, 11) is 0. The van der Waals surface area contributed by atoms with Gasteiger partial charge in [-0.1, -0.05) is 20.8 Å². The van der Waals surface area contributed by atoms with E-state index in [9.17, 15) is 75.0 Å². The van der Waals surface area contributed by atoms with Crippen LogP contribution in [0.2, 0.25) is 0 Å². The second kappa shape index (κ2) is 8.45. The lowest BCUT2D eigenvalue weighted by Gasteiger charge is -2.50. The van der Waals surface area contributed by atoms with Crippen LogP contribution in [0.15, 0.2) is 0 Å². The predicted molar refractivity (Wildman–Crippen MR) is 84.8 cm³/mol. The van der Waals surface area contributed by atoms with Gasteiger partial charge in [-0.15, -0.1) is 0 Å². The van der Waals surface area contributed by atoms with Crippen molar-refractivity contribution in [3.05, 3.63) is 0 Å². The summed E-state index contributed by atoms with van der Waals surface area (Å²) in [4.78, 5) is 12.1. The molecule has 18 heteroatoms. The van der Waals surface area contributed by atoms with Crippen LogP contribution in [0.3, 0.4) is 0 Å². The summed E-state index contributed by atoms with van der Waals surface area (Å²) >= 11 is 0. The van der Waals surface area contributed by atoms with Crippen LogP contribution in [0.25, 0.3) is 0 Å². The van der Waals surface area contributed by atoms with Crippen molar-refractivity contribution in [2.75, 3.05) is 6.54 Å². The zero-order valence-corrected chi connectivity index (χ0v) is 17.7. The molecule has 1 amide bonds. The van der Waals surface area contributed by atoms with Gasteiger partial charge in [0.25, 0.3) is 0 Å². The highest BCUT2D eigenvalue weighted by molar-refractivity contribution is 5.83. The Morgan fingerprint density at radius 3 is 1.43 bits per heavy atom. The molecule has 1 unspecified atom stereocenters. The van der Waals surface area contributed by atoms with Gasteiger partial charge in [-0.2, -0.15) is 61.5 Å². The van der Waals surface area contributed by atoms with Crippen LogP contribution in [-0.4, -0.2) is 71.3 Å². The van der Waals surface area contributed by atoms with E-state index in [1.54, 1.807) is 0 Å². The minimum absolute atomic E-state index is 0.134. The van der Waals surface area contributed by atoms with Crippen molar-refractivity contribution < 1.29 is 75.0 Å². The summed E-state index contributed by atoms with van der Waals surface area (Å²) < 4.78 is 215. The number of carbonyl (C=O) groups is 1. The molecule has 1 rings (SSSR count). The fourth-order valence-electron chi connectivity index (χ4n) is 2.90. The van der Waals surface area contributed by atoms with Gasteiger partial charge in [0.15, 0.2) is 0 Å². The molecule has 0 spiro atoms. The Hall–Kier alpha value is -1.65. The van der Waals surface area contributed by atoms with Gasteiger partial charge in [0.1, 0.15) is 6.04 Å². The van der Waals surface area contributed by atoms with E-state index >= 15 is 0 Å². The maximum absolute atomic E-state index is 14.4. The van der Waals surface area contributed by atoms with Crippen molar-refractivity contribution in [2.45, 2.75) is 87.5 Å². The number of carbonyl (C=O) groups excluding carboxylic acids is 1. The topological polar surface area (TPSA) is 20.3 Å². The quantitative estimate of drug-likeness (QED) is 0.274. The van der Waals surface area contributed by atoms with Crippen LogP contribution in [-0.2, 0) is 4.79 Å². The van der Waals surface area contributed by atoms with Gasteiger partial charge in [0.2, 0.25) is 5.91 Å². The van der Waals surface area contributed by atoms with E-state index in [0.29, 0.717) is 0 Å². The average Bonchev–Trinajstić information content (AvgIpc) is 2.65. The minimum atomic E-state index is -8.43. The molecule has 1 aliphatic rings. The zero-order valence-electron chi connectivity index (χ0n) is 17.7. The van der Waals surface area contributed by atoms with E-state index in [-0.39, 0.29) is 11.3 Å². The molecule has 35 heavy (non-hydrogen) atoms. The number of amides is 1. The summed E-state index contributed by atoms with van der Waals surface area (Å²) in [5.41, 5.74) is -1.58. The van der Waals surface area contributed by atoms with Crippen LogP contribution in [0, 0.1) is 5.41 Å². The number of likely N-dealkylation sites (tertiary alicyclic amines) is 1. The van der Waals surface area contributed by atoms with Crippen molar-refractivity contribution in [3.8, 4) is 0 Å². The van der Waals surface area contributed by atoms with E-state index in [2.05, 4.69) is 0 Å². The molecule has 1 saturated heterocycles. The number of hydrogen-bond acceptors (Lipinski definition) is 1. The fraction of sp³-hybridized carbons (Fsp3) is 0.941. The number of nitrogens with zero attached hydrogens (tertiary/aromatic N) is 1. The average molecular weight is 555 g/mol. The van der Waals surface area contributed by atoms with Crippen molar-refractivity contribution in [2.24, 2.45) is 5.41 Å². The van der Waals surface area contributed by atoms with Gasteiger partial charge in [-0.25, -0.2) is 8.78 Å². The minimum Gasteiger partial charge on any atom is -0.333 e. The van der Waals surface area contributed by atoms with Gasteiger partial charge in [0.05, 0.1) is 0 Å². The Labute approximate surface area is 186 Å². The van der Waals surface area contributed by atoms with Crippen LogP contribution in [0.5, 0.6) is 0 Å². The molecule has 1 atom stereocenters. The molecule has 0 aromatic rings. The Morgan fingerprint density at radius 2 is 1.11 bits per heavy atom. The number of alkyl halides is 16. The normalized spacial score (nSPS) is 19.8. The lowest BCUT2D eigenvalue weighted by molar-refractivity contribution is -0.450. The predicted octanol–water partition coefficient (Wildman–Crippen LogP) is 6.74. The standard InChI is InChI=1S/C17H17F16NO/c1-4-10(2,3)9(35)34-6-5-7(34)11(20,21)13(24,25)15(28,29)17(32,33)16(30,31)14(26,27)12(22,23)8(18)19/h7-8H,4-6H2,1-3H3. The molecule has 0 aromatic heterocycles. The molecule has 0 N–H and O–H groups in total. The van der Waals surface area contributed by atoms with Crippen molar-refractivity contribution in [1.29, 1.82) is 0 Å². The molecular formula is C17H17F16NO. The first kappa shape index (κ1) is 31.4.